The van der Waals surface area contributed by atoms with E-state index in [1.807, 2.05) is 0 Å². The average molecular weight is 291 g/mol. The van der Waals surface area contributed by atoms with Crippen molar-refractivity contribution < 1.29 is 14.2 Å². The van der Waals surface area contributed by atoms with Crippen LogP contribution in [0.2, 0.25) is 0 Å². The van der Waals surface area contributed by atoms with Gasteiger partial charge in [-0.2, -0.15) is 0 Å². The van der Waals surface area contributed by atoms with Gasteiger partial charge in [-0.25, -0.2) is 0 Å². The second-order valence-electron chi connectivity index (χ2n) is 6.13. The van der Waals surface area contributed by atoms with Crippen LogP contribution in [0.5, 0.6) is 11.5 Å². The Hall–Kier alpha value is -1.26. The summed E-state index contributed by atoms with van der Waals surface area (Å²) in [7, 11) is 3.50. The summed E-state index contributed by atoms with van der Waals surface area (Å²) in [6, 6.07) is 4.37. The minimum absolute atomic E-state index is 0.283. The van der Waals surface area contributed by atoms with E-state index in [4.69, 9.17) is 14.2 Å². The zero-order valence-corrected chi connectivity index (χ0v) is 13.1. The molecule has 1 fully saturated rings. The van der Waals surface area contributed by atoms with Gasteiger partial charge < -0.3 is 19.5 Å². The molecule has 1 aromatic carbocycles. The molecule has 1 aliphatic heterocycles. The van der Waals surface area contributed by atoms with Gasteiger partial charge in [-0.15, -0.1) is 0 Å². The third kappa shape index (κ3) is 3.16. The van der Waals surface area contributed by atoms with Gasteiger partial charge in [0.15, 0.2) is 0 Å². The number of nitrogens with one attached hydrogen (secondary N) is 1. The van der Waals surface area contributed by atoms with Crippen LogP contribution in [0.25, 0.3) is 0 Å². The normalized spacial score (nSPS) is 26.3. The Kier molecular flexibility index (Phi) is 4.36. The number of hydrogen-bond donors (Lipinski definition) is 1. The molecule has 3 atom stereocenters. The lowest BCUT2D eigenvalue weighted by Crippen LogP contribution is -2.21. The second-order valence-corrected chi connectivity index (χ2v) is 6.13. The summed E-state index contributed by atoms with van der Waals surface area (Å²) in [6.07, 6.45) is 2.49. The molecule has 116 valence electrons. The number of fused-ring (bicyclic) bond motifs is 1. The molecular formula is C17H25NO3. The molecule has 1 saturated carbocycles. The first-order chi connectivity index (χ1) is 10.2. The maximum Gasteiger partial charge on any atom is 0.123 e. The van der Waals surface area contributed by atoms with Gasteiger partial charge in [0.25, 0.3) is 0 Å². The van der Waals surface area contributed by atoms with E-state index in [1.54, 1.807) is 14.2 Å². The van der Waals surface area contributed by atoms with Crippen molar-refractivity contribution in [3.63, 3.8) is 0 Å². The van der Waals surface area contributed by atoms with Crippen LogP contribution in [0, 0.1) is 5.92 Å². The largest absolute Gasteiger partial charge is 0.496 e. The second kappa shape index (κ2) is 6.24. The number of hydrogen-bond acceptors (Lipinski definition) is 4. The maximum atomic E-state index is 5.89. The van der Waals surface area contributed by atoms with Crippen molar-refractivity contribution in [3.8, 4) is 11.5 Å². The first kappa shape index (κ1) is 14.7. The molecule has 4 heteroatoms. The van der Waals surface area contributed by atoms with Gasteiger partial charge in [-0.3, -0.25) is 0 Å². The molecule has 0 saturated heterocycles. The number of ether oxygens (including phenoxy) is 3. The van der Waals surface area contributed by atoms with E-state index in [9.17, 15) is 0 Å². The lowest BCUT2D eigenvalue weighted by atomic mass is 10.0. The van der Waals surface area contributed by atoms with Crippen LogP contribution >= 0.6 is 0 Å². The van der Waals surface area contributed by atoms with Crippen LogP contribution in [-0.4, -0.2) is 40.0 Å². The Morgan fingerprint density at radius 3 is 2.95 bits per heavy atom. The van der Waals surface area contributed by atoms with E-state index >= 15 is 0 Å². The fraction of sp³-hybridized carbons (Fsp3) is 0.647. The highest BCUT2D eigenvalue weighted by molar-refractivity contribution is 5.51. The van der Waals surface area contributed by atoms with E-state index in [2.05, 4.69) is 24.4 Å². The first-order valence-corrected chi connectivity index (χ1v) is 7.80. The smallest absolute Gasteiger partial charge is 0.123 e. The molecule has 4 nitrogen and oxygen atoms in total. The molecule has 1 N–H and O–H groups in total. The van der Waals surface area contributed by atoms with Gasteiger partial charge in [0.2, 0.25) is 0 Å². The predicted octanol–water partition coefficient (Wildman–Crippen LogP) is 2.36. The highest BCUT2D eigenvalue weighted by Crippen LogP contribution is 2.52. The Labute approximate surface area is 126 Å². The van der Waals surface area contributed by atoms with Crippen molar-refractivity contribution in [3.05, 3.63) is 23.3 Å². The number of benzene rings is 1. The molecule has 1 heterocycles. The van der Waals surface area contributed by atoms with Gasteiger partial charge in [-0.05, 0) is 43.9 Å². The first-order valence-electron chi connectivity index (χ1n) is 7.80. The lowest BCUT2D eigenvalue weighted by molar-refractivity contribution is 0.199. The topological polar surface area (TPSA) is 39.7 Å². The van der Waals surface area contributed by atoms with Crippen molar-refractivity contribution in [1.82, 2.24) is 5.32 Å². The van der Waals surface area contributed by atoms with Crippen molar-refractivity contribution in [2.75, 3.05) is 33.9 Å². The summed E-state index contributed by atoms with van der Waals surface area (Å²) in [5.41, 5.74) is 2.59. The van der Waals surface area contributed by atoms with Crippen LogP contribution in [0.15, 0.2) is 12.1 Å². The molecule has 0 spiro atoms. The Morgan fingerprint density at radius 2 is 2.19 bits per heavy atom. The fourth-order valence-corrected chi connectivity index (χ4v) is 3.24. The van der Waals surface area contributed by atoms with Gasteiger partial charge >= 0.3 is 0 Å². The maximum absolute atomic E-state index is 5.89. The van der Waals surface area contributed by atoms with E-state index in [1.165, 1.54) is 17.5 Å². The van der Waals surface area contributed by atoms with E-state index in [0.29, 0.717) is 11.8 Å². The highest BCUT2D eigenvalue weighted by atomic mass is 16.5. The van der Waals surface area contributed by atoms with Crippen molar-refractivity contribution in [2.24, 2.45) is 5.92 Å². The molecule has 1 aliphatic carbocycles. The molecule has 3 unspecified atom stereocenters. The average Bonchev–Trinajstić information content (AvgIpc) is 3.15. The molecule has 3 rings (SSSR count). The van der Waals surface area contributed by atoms with Gasteiger partial charge in [0.05, 0.1) is 13.7 Å². The van der Waals surface area contributed by atoms with Crippen LogP contribution in [0.1, 0.15) is 30.4 Å². The Balaban J connectivity index is 1.65. The highest BCUT2D eigenvalue weighted by Gasteiger charge is 2.40. The molecule has 0 bridgehead atoms. The molecular weight excluding hydrogens is 266 g/mol. The van der Waals surface area contributed by atoms with Crippen LogP contribution in [0.3, 0.4) is 0 Å². The molecule has 2 aliphatic rings. The lowest BCUT2D eigenvalue weighted by Gasteiger charge is -2.11. The summed E-state index contributed by atoms with van der Waals surface area (Å²) in [5.74, 6) is 3.37. The zero-order chi connectivity index (χ0) is 14.8. The summed E-state index contributed by atoms with van der Waals surface area (Å²) in [5, 5.41) is 3.45. The quantitative estimate of drug-likeness (QED) is 0.783. The predicted molar refractivity (Wildman–Crippen MR) is 82.4 cm³/mol. The van der Waals surface area contributed by atoms with Crippen molar-refractivity contribution >= 4 is 0 Å². The van der Waals surface area contributed by atoms with Crippen molar-refractivity contribution in [2.45, 2.75) is 31.8 Å². The standard InChI is InChI=1S/C17H25NO3/c1-11-6-12-8-17(20-3)15(9-16(12)21-11)14-7-13(14)10-18-4-5-19-2/h8-9,11,13-14,18H,4-7,10H2,1-3H3. The van der Waals surface area contributed by atoms with E-state index in [0.717, 1.165) is 37.6 Å². The Bertz CT molecular complexity index is 503. The SMILES string of the molecule is COCCNCC1CC1c1cc2c(cc1OC)CC(C)O2. The molecule has 0 aromatic heterocycles. The van der Waals surface area contributed by atoms with Gasteiger partial charge in [0, 0.05) is 31.2 Å². The van der Waals surface area contributed by atoms with E-state index < -0.39 is 0 Å². The third-order valence-electron chi connectivity index (χ3n) is 4.46. The summed E-state index contributed by atoms with van der Waals surface area (Å²) in [6.45, 7) is 4.85. The fourth-order valence-electron chi connectivity index (χ4n) is 3.24. The van der Waals surface area contributed by atoms with Gasteiger partial charge in [0.1, 0.15) is 17.6 Å². The molecule has 1 aromatic rings. The third-order valence-corrected chi connectivity index (χ3v) is 4.46. The van der Waals surface area contributed by atoms with Crippen LogP contribution in [0.4, 0.5) is 0 Å². The summed E-state index contributed by atoms with van der Waals surface area (Å²) < 4.78 is 16.5. The number of rotatable bonds is 7. The van der Waals surface area contributed by atoms with E-state index in [-0.39, 0.29) is 6.10 Å². The monoisotopic (exact) mass is 291 g/mol. The molecule has 21 heavy (non-hydrogen) atoms. The minimum Gasteiger partial charge on any atom is -0.496 e. The van der Waals surface area contributed by atoms with Gasteiger partial charge in [-0.1, -0.05) is 0 Å². The van der Waals surface area contributed by atoms with Crippen LogP contribution in [-0.2, 0) is 11.2 Å². The summed E-state index contributed by atoms with van der Waals surface area (Å²) in [4.78, 5) is 0. The van der Waals surface area contributed by atoms with Crippen LogP contribution < -0.4 is 14.8 Å². The Morgan fingerprint density at radius 1 is 1.33 bits per heavy atom. The zero-order valence-electron chi connectivity index (χ0n) is 13.1. The molecule has 0 amide bonds. The number of methoxy groups -OCH3 is 2. The van der Waals surface area contributed by atoms with Crippen molar-refractivity contribution in [1.29, 1.82) is 0 Å². The molecule has 0 radical (unpaired) electrons. The summed E-state index contributed by atoms with van der Waals surface area (Å²) >= 11 is 0. The minimum atomic E-state index is 0.283.